The molecule has 123 valence electrons. The van der Waals surface area contributed by atoms with E-state index < -0.39 is 15.3 Å². The molecule has 0 heterocycles. The Hall–Kier alpha value is -1.54. The SMILES string of the molecule is O.O.O.O.O.O.O=[N+]([O-])O.O=[N+]([O-])O.O=[N+]([O-])O.[Y]. The standard InChI is InChI=1S/3HNO3.6H2O.Y/c3*2-1(3)4;;;;;;;/h3*(H,2,3,4);6*1H2;. The molecule has 0 aliphatic carbocycles. The van der Waals surface area contributed by atoms with Crippen LogP contribution in [0.15, 0.2) is 0 Å². The van der Waals surface area contributed by atoms with Gasteiger partial charge in [-0.2, -0.15) is 0 Å². The van der Waals surface area contributed by atoms with E-state index in [-0.39, 0.29) is 65.6 Å². The average molecular weight is 386 g/mol. The second kappa shape index (κ2) is 70.7. The molecule has 0 saturated carbocycles. The van der Waals surface area contributed by atoms with Crippen molar-refractivity contribution in [2.24, 2.45) is 0 Å². The fraction of sp³-hybridized carbons (Fsp3) is 0. The fourth-order valence-electron chi connectivity index (χ4n) is 0. The Morgan fingerprint density at radius 3 is 0.526 bits per heavy atom. The molecule has 0 aromatic carbocycles. The molecule has 0 unspecified atom stereocenters. The predicted molar refractivity (Wildman–Crippen MR) is 48.0 cm³/mol. The van der Waals surface area contributed by atoms with Crippen molar-refractivity contribution in [3.05, 3.63) is 30.3 Å². The fourth-order valence-corrected chi connectivity index (χ4v) is 0. The van der Waals surface area contributed by atoms with Crippen LogP contribution in [0.25, 0.3) is 0 Å². The minimum absolute atomic E-state index is 0. The predicted octanol–water partition coefficient (Wildman–Crippen LogP) is -5.99. The zero-order valence-corrected chi connectivity index (χ0v) is 11.5. The number of hydrogen-bond donors (Lipinski definition) is 3. The van der Waals surface area contributed by atoms with E-state index in [1.807, 2.05) is 0 Å². The van der Waals surface area contributed by atoms with E-state index in [1.165, 1.54) is 0 Å². The van der Waals surface area contributed by atoms with Crippen molar-refractivity contribution < 1.29 is 96.4 Å². The molecular formula is H15N3O15Y. The topological polar surface area (TPSA) is 379 Å². The molecule has 0 saturated heterocycles. The Kier molecular flexibility index (Phi) is 316. The Morgan fingerprint density at radius 1 is 0.526 bits per heavy atom. The van der Waals surface area contributed by atoms with Crippen molar-refractivity contribution in [3.8, 4) is 0 Å². The van der Waals surface area contributed by atoms with Gasteiger partial charge in [-0.3, -0.25) is 0 Å². The normalized spacial score (nSPS) is 3.79. The summed E-state index contributed by atoms with van der Waals surface area (Å²) in [5, 5.41) is 40.9. The molecule has 18 nitrogen and oxygen atoms in total. The maximum atomic E-state index is 8.36. The van der Waals surface area contributed by atoms with Gasteiger partial charge >= 0.3 is 0 Å². The van der Waals surface area contributed by atoms with Crippen LogP contribution in [0.3, 0.4) is 0 Å². The molecule has 19 heavy (non-hydrogen) atoms. The van der Waals surface area contributed by atoms with E-state index in [4.69, 9.17) is 46.0 Å². The zero-order valence-electron chi connectivity index (χ0n) is 8.71. The Labute approximate surface area is 127 Å². The Balaban J connectivity index is -0.00000000675. The largest absolute Gasteiger partial charge is 0.412 e. The molecule has 0 atom stereocenters. The first-order chi connectivity index (χ1) is 5.20. The summed E-state index contributed by atoms with van der Waals surface area (Å²) in [4.78, 5) is 25.1. The summed E-state index contributed by atoms with van der Waals surface area (Å²) in [6.45, 7) is 0. The van der Waals surface area contributed by atoms with Crippen LogP contribution in [0.2, 0.25) is 0 Å². The van der Waals surface area contributed by atoms with Gasteiger partial charge in [0.1, 0.15) is 0 Å². The van der Waals surface area contributed by atoms with Gasteiger partial charge in [0.05, 0.1) is 0 Å². The van der Waals surface area contributed by atoms with E-state index in [0.29, 0.717) is 0 Å². The van der Waals surface area contributed by atoms with E-state index >= 15 is 0 Å². The van der Waals surface area contributed by atoms with E-state index in [0.717, 1.165) is 0 Å². The van der Waals surface area contributed by atoms with E-state index in [2.05, 4.69) is 0 Å². The molecule has 0 aliphatic heterocycles. The first-order valence-electron chi connectivity index (χ1n) is 1.70. The summed E-state index contributed by atoms with van der Waals surface area (Å²) < 4.78 is 0. The summed E-state index contributed by atoms with van der Waals surface area (Å²) in [7, 11) is 0. The number of nitrogens with zero attached hydrogens (tertiary/aromatic N) is 3. The summed E-state index contributed by atoms with van der Waals surface area (Å²) in [5.74, 6) is 0. The van der Waals surface area contributed by atoms with Crippen LogP contribution in [0.4, 0.5) is 0 Å². The van der Waals surface area contributed by atoms with Gasteiger partial charge in [-0.1, -0.05) is 0 Å². The number of rotatable bonds is 0. The first kappa shape index (κ1) is 85.0. The molecule has 0 aliphatic rings. The van der Waals surface area contributed by atoms with Crippen molar-refractivity contribution in [2.75, 3.05) is 0 Å². The molecule has 0 aromatic rings. The van der Waals surface area contributed by atoms with Crippen LogP contribution in [0.1, 0.15) is 0 Å². The van der Waals surface area contributed by atoms with Crippen LogP contribution in [-0.4, -0.2) is 63.7 Å². The quantitative estimate of drug-likeness (QED) is 0.263. The van der Waals surface area contributed by atoms with Crippen LogP contribution in [-0.2, 0) is 32.7 Å². The van der Waals surface area contributed by atoms with Crippen LogP contribution >= 0.6 is 0 Å². The van der Waals surface area contributed by atoms with Crippen molar-refractivity contribution in [2.45, 2.75) is 0 Å². The Bertz CT molecular complexity index is 115. The van der Waals surface area contributed by atoms with Gasteiger partial charge in [-0.05, 0) is 0 Å². The van der Waals surface area contributed by atoms with E-state index in [1.54, 1.807) is 0 Å². The molecule has 0 bridgehead atoms. The van der Waals surface area contributed by atoms with Gasteiger partial charge < -0.3 is 48.5 Å². The van der Waals surface area contributed by atoms with Gasteiger partial charge in [0.2, 0.25) is 0 Å². The van der Waals surface area contributed by atoms with Crippen LogP contribution in [0.5, 0.6) is 0 Å². The molecule has 0 fully saturated rings. The molecule has 19 heteroatoms. The van der Waals surface area contributed by atoms with Gasteiger partial charge in [0.25, 0.3) is 15.3 Å². The van der Waals surface area contributed by atoms with Gasteiger partial charge in [0, 0.05) is 32.7 Å². The van der Waals surface area contributed by atoms with E-state index in [9.17, 15) is 0 Å². The molecule has 1 radical (unpaired) electrons. The average Bonchev–Trinajstić information content (AvgIpc) is 1.54. The molecule has 15 N–H and O–H groups in total. The van der Waals surface area contributed by atoms with Gasteiger partial charge in [0.15, 0.2) is 0 Å². The third-order valence-electron chi connectivity index (χ3n) is 0. The monoisotopic (exact) mass is 386 g/mol. The number of hydrogen-bond acceptors (Lipinski definition) is 6. The molecule has 0 aromatic heterocycles. The second-order valence-electron chi connectivity index (χ2n) is 0.714. The summed E-state index contributed by atoms with van der Waals surface area (Å²) in [6, 6.07) is 0. The smallest absolute Gasteiger partial charge is 0.291 e. The minimum atomic E-state index is -1.50. The van der Waals surface area contributed by atoms with Crippen LogP contribution < -0.4 is 0 Å². The Morgan fingerprint density at radius 2 is 0.526 bits per heavy atom. The van der Waals surface area contributed by atoms with Crippen molar-refractivity contribution in [3.63, 3.8) is 0 Å². The molecule has 0 rings (SSSR count). The second-order valence-corrected chi connectivity index (χ2v) is 0.714. The van der Waals surface area contributed by atoms with Crippen LogP contribution in [0, 0.1) is 30.3 Å². The summed E-state index contributed by atoms with van der Waals surface area (Å²) in [6.07, 6.45) is 0. The first-order valence-corrected chi connectivity index (χ1v) is 1.70. The summed E-state index contributed by atoms with van der Waals surface area (Å²) >= 11 is 0. The maximum Gasteiger partial charge on any atom is 0.291 e. The van der Waals surface area contributed by atoms with Crippen molar-refractivity contribution in [1.29, 1.82) is 0 Å². The van der Waals surface area contributed by atoms with Gasteiger partial charge in [-0.15, -0.1) is 30.3 Å². The molecule has 0 spiro atoms. The molecular weight excluding hydrogens is 371 g/mol. The maximum absolute atomic E-state index is 8.36. The third kappa shape index (κ3) is 1460. The summed E-state index contributed by atoms with van der Waals surface area (Å²) in [5.41, 5.74) is 0. The third-order valence-corrected chi connectivity index (χ3v) is 0. The molecule has 0 amide bonds. The van der Waals surface area contributed by atoms with Crippen molar-refractivity contribution >= 4 is 0 Å². The van der Waals surface area contributed by atoms with Gasteiger partial charge in [-0.25, -0.2) is 0 Å². The zero-order chi connectivity index (χ0) is 10.7. The minimum Gasteiger partial charge on any atom is -0.412 e. The van der Waals surface area contributed by atoms with Crippen molar-refractivity contribution in [1.82, 2.24) is 0 Å².